The molecule has 3 nitrogen and oxygen atoms in total. The predicted molar refractivity (Wildman–Crippen MR) is 73.0 cm³/mol. The summed E-state index contributed by atoms with van der Waals surface area (Å²) < 4.78 is 0. The van der Waals surface area contributed by atoms with Gasteiger partial charge in [-0.3, -0.25) is 4.98 Å². The third-order valence-electron chi connectivity index (χ3n) is 2.41. The zero-order valence-corrected chi connectivity index (χ0v) is 10.1. The molecular formula is C12H15N3S. The van der Waals surface area contributed by atoms with Crippen LogP contribution in [0.15, 0.2) is 30.5 Å². The molecular weight excluding hydrogens is 218 g/mol. The molecule has 4 heteroatoms. The van der Waals surface area contributed by atoms with Crippen molar-refractivity contribution in [2.45, 2.75) is 0 Å². The van der Waals surface area contributed by atoms with Crippen molar-refractivity contribution < 1.29 is 0 Å². The molecule has 0 fully saturated rings. The van der Waals surface area contributed by atoms with E-state index in [1.807, 2.05) is 36.0 Å². The lowest BCUT2D eigenvalue weighted by molar-refractivity contribution is 1.23. The van der Waals surface area contributed by atoms with Crippen LogP contribution in [0.25, 0.3) is 10.9 Å². The van der Waals surface area contributed by atoms with E-state index < -0.39 is 0 Å². The van der Waals surface area contributed by atoms with Gasteiger partial charge in [0.25, 0.3) is 0 Å². The van der Waals surface area contributed by atoms with Crippen molar-refractivity contribution in [2.24, 2.45) is 0 Å². The number of fused-ring (bicyclic) bond motifs is 1. The molecule has 0 radical (unpaired) electrons. The Bertz CT molecular complexity index is 485. The number of nitrogens with two attached hydrogens (primary N) is 1. The number of anilines is 2. The monoisotopic (exact) mass is 233 g/mol. The van der Waals surface area contributed by atoms with Crippen molar-refractivity contribution in [1.29, 1.82) is 0 Å². The van der Waals surface area contributed by atoms with Crippen LogP contribution in [-0.4, -0.2) is 23.5 Å². The third kappa shape index (κ3) is 2.22. The summed E-state index contributed by atoms with van der Waals surface area (Å²) in [7, 11) is 0. The summed E-state index contributed by atoms with van der Waals surface area (Å²) in [5.41, 5.74) is 8.62. The van der Waals surface area contributed by atoms with E-state index in [1.165, 1.54) is 0 Å². The first-order chi connectivity index (χ1) is 7.83. The van der Waals surface area contributed by atoms with E-state index in [0.717, 1.165) is 28.9 Å². The average molecular weight is 233 g/mol. The van der Waals surface area contributed by atoms with Crippen molar-refractivity contribution in [3.63, 3.8) is 0 Å². The summed E-state index contributed by atoms with van der Waals surface area (Å²) in [6, 6.07) is 8.02. The summed E-state index contributed by atoms with van der Waals surface area (Å²) in [5, 5.41) is 4.46. The first-order valence-electron chi connectivity index (χ1n) is 5.19. The maximum absolute atomic E-state index is 5.94. The average Bonchev–Trinajstić information content (AvgIpc) is 2.32. The van der Waals surface area contributed by atoms with Crippen molar-refractivity contribution in [1.82, 2.24) is 4.98 Å². The van der Waals surface area contributed by atoms with E-state index in [4.69, 9.17) is 5.73 Å². The smallest absolute Gasteiger partial charge is 0.0743 e. The molecule has 1 heterocycles. The third-order valence-corrected chi connectivity index (χ3v) is 3.03. The maximum Gasteiger partial charge on any atom is 0.0743 e. The topological polar surface area (TPSA) is 50.9 Å². The highest BCUT2D eigenvalue weighted by atomic mass is 32.2. The van der Waals surface area contributed by atoms with Gasteiger partial charge >= 0.3 is 0 Å². The van der Waals surface area contributed by atoms with Gasteiger partial charge < -0.3 is 11.1 Å². The van der Waals surface area contributed by atoms with Gasteiger partial charge in [0.1, 0.15) is 0 Å². The van der Waals surface area contributed by atoms with Gasteiger partial charge in [-0.1, -0.05) is 18.2 Å². The van der Waals surface area contributed by atoms with Crippen LogP contribution < -0.4 is 11.1 Å². The molecule has 84 valence electrons. The second kappa shape index (κ2) is 5.07. The van der Waals surface area contributed by atoms with E-state index in [9.17, 15) is 0 Å². The quantitative estimate of drug-likeness (QED) is 0.797. The number of nitrogens with zero attached hydrogens (tertiary/aromatic N) is 1. The Morgan fingerprint density at radius 2 is 2.19 bits per heavy atom. The van der Waals surface area contributed by atoms with E-state index >= 15 is 0 Å². The van der Waals surface area contributed by atoms with Gasteiger partial charge in [-0.15, -0.1) is 0 Å². The van der Waals surface area contributed by atoms with Gasteiger partial charge in [0.05, 0.1) is 23.1 Å². The molecule has 0 spiro atoms. The molecule has 0 aliphatic carbocycles. The van der Waals surface area contributed by atoms with E-state index in [0.29, 0.717) is 5.69 Å². The molecule has 0 unspecified atom stereocenters. The van der Waals surface area contributed by atoms with Gasteiger partial charge in [-0.2, -0.15) is 11.8 Å². The molecule has 0 saturated carbocycles. The number of aromatic nitrogens is 1. The van der Waals surface area contributed by atoms with E-state index in [-0.39, 0.29) is 0 Å². The minimum atomic E-state index is 0.708. The Morgan fingerprint density at radius 3 is 3.00 bits per heavy atom. The van der Waals surface area contributed by atoms with Gasteiger partial charge in [0, 0.05) is 17.7 Å². The molecule has 0 atom stereocenters. The summed E-state index contributed by atoms with van der Waals surface area (Å²) >= 11 is 1.81. The van der Waals surface area contributed by atoms with Crippen LogP contribution in [0, 0.1) is 0 Å². The Balaban J connectivity index is 2.37. The zero-order valence-electron chi connectivity index (χ0n) is 9.23. The Labute approximate surface area is 99.4 Å². The van der Waals surface area contributed by atoms with Gasteiger partial charge in [-0.05, 0) is 12.3 Å². The summed E-state index contributed by atoms with van der Waals surface area (Å²) in [6.07, 6.45) is 3.81. The number of hydrogen-bond donors (Lipinski definition) is 2. The maximum atomic E-state index is 5.94. The molecule has 0 aliphatic rings. The molecule has 2 rings (SSSR count). The van der Waals surface area contributed by atoms with Crippen LogP contribution in [0.2, 0.25) is 0 Å². The molecule has 16 heavy (non-hydrogen) atoms. The lowest BCUT2D eigenvalue weighted by Gasteiger charge is -2.11. The van der Waals surface area contributed by atoms with Gasteiger partial charge in [-0.25, -0.2) is 0 Å². The Morgan fingerprint density at radius 1 is 1.38 bits per heavy atom. The van der Waals surface area contributed by atoms with Crippen LogP contribution in [0.1, 0.15) is 0 Å². The van der Waals surface area contributed by atoms with Crippen LogP contribution in [0.5, 0.6) is 0 Å². The number of hydrogen-bond acceptors (Lipinski definition) is 4. The first-order valence-corrected chi connectivity index (χ1v) is 6.58. The van der Waals surface area contributed by atoms with Crippen LogP contribution in [0.4, 0.5) is 11.4 Å². The summed E-state index contributed by atoms with van der Waals surface area (Å²) in [4.78, 5) is 4.30. The highest BCUT2D eigenvalue weighted by Crippen LogP contribution is 2.27. The SMILES string of the molecule is CSCCNc1c(N)cnc2ccccc12. The summed E-state index contributed by atoms with van der Waals surface area (Å²) in [5.74, 6) is 1.07. The number of para-hydroxylation sites is 1. The number of nitrogen functional groups attached to an aromatic ring is 1. The van der Waals surface area contributed by atoms with Crippen LogP contribution in [-0.2, 0) is 0 Å². The van der Waals surface area contributed by atoms with Crippen molar-refractivity contribution >= 4 is 34.0 Å². The lowest BCUT2D eigenvalue weighted by Crippen LogP contribution is -2.07. The fraction of sp³-hybridized carbons (Fsp3) is 0.250. The fourth-order valence-electron chi connectivity index (χ4n) is 1.63. The van der Waals surface area contributed by atoms with Crippen molar-refractivity contribution in [3.8, 4) is 0 Å². The molecule has 3 N–H and O–H groups in total. The number of pyridine rings is 1. The first kappa shape index (κ1) is 11.1. The Kier molecular flexibility index (Phi) is 3.51. The second-order valence-corrected chi connectivity index (χ2v) is 4.51. The molecule has 0 aliphatic heterocycles. The van der Waals surface area contributed by atoms with E-state index in [2.05, 4.69) is 16.6 Å². The minimum absolute atomic E-state index is 0.708. The van der Waals surface area contributed by atoms with Gasteiger partial charge in [0.15, 0.2) is 0 Å². The van der Waals surface area contributed by atoms with Crippen LogP contribution in [0.3, 0.4) is 0 Å². The largest absolute Gasteiger partial charge is 0.396 e. The van der Waals surface area contributed by atoms with Crippen molar-refractivity contribution in [2.75, 3.05) is 29.6 Å². The molecule has 0 bridgehead atoms. The fourth-order valence-corrected chi connectivity index (χ4v) is 1.94. The molecule has 1 aromatic carbocycles. The molecule has 0 amide bonds. The Hall–Kier alpha value is -1.42. The minimum Gasteiger partial charge on any atom is -0.396 e. The van der Waals surface area contributed by atoms with Crippen molar-refractivity contribution in [3.05, 3.63) is 30.5 Å². The highest BCUT2D eigenvalue weighted by Gasteiger charge is 2.04. The molecule has 0 saturated heterocycles. The standard InChI is InChI=1S/C12H15N3S/c1-16-7-6-14-12-9-4-2-3-5-11(9)15-8-10(12)13/h2-5,8H,6-7,13H2,1H3,(H,14,15). The normalized spacial score (nSPS) is 10.6. The molecule has 2 aromatic rings. The van der Waals surface area contributed by atoms with E-state index in [1.54, 1.807) is 6.20 Å². The lowest BCUT2D eigenvalue weighted by atomic mass is 10.1. The zero-order chi connectivity index (χ0) is 11.4. The summed E-state index contributed by atoms with van der Waals surface area (Å²) in [6.45, 7) is 0.916. The predicted octanol–water partition coefficient (Wildman–Crippen LogP) is 2.59. The highest BCUT2D eigenvalue weighted by molar-refractivity contribution is 7.98. The number of rotatable bonds is 4. The molecule has 1 aromatic heterocycles. The second-order valence-electron chi connectivity index (χ2n) is 3.53. The van der Waals surface area contributed by atoms with Crippen LogP contribution >= 0.6 is 11.8 Å². The number of nitrogens with one attached hydrogen (secondary N) is 1. The van der Waals surface area contributed by atoms with Gasteiger partial charge in [0.2, 0.25) is 0 Å². The number of benzene rings is 1. The number of thioether (sulfide) groups is 1.